The molecule has 2 aromatic rings. The number of aryl methyl sites for hydroxylation is 1. The molecule has 0 saturated heterocycles. The molecule has 0 spiro atoms. The number of benzene rings is 2. The van der Waals surface area contributed by atoms with Crippen LogP contribution in [-0.4, -0.2) is 0 Å². The Morgan fingerprint density at radius 3 is 2.61 bits per heavy atom. The molecule has 3 heteroatoms. The van der Waals surface area contributed by atoms with Crippen molar-refractivity contribution in [1.29, 1.82) is 0 Å². The lowest BCUT2D eigenvalue weighted by molar-refractivity contribution is 0.630. The Morgan fingerprint density at radius 2 is 1.94 bits per heavy atom. The predicted octanol–water partition coefficient (Wildman–Crippen LogP) is 5.01. The van der Waals surface area contributed by atoms with Gasteiger partial charge in [-0.2, -0.15) is 0 Å². The van der Waals surface area contributed by atoms with Crippen LogP contribution in [0.2, 0.25) is 5.02 Å². The molecule has 0 radical (unpaired) electrons. The van der Waals surface area contributed by atoms with Gasteiger partial charge in [0.05, 0.1) is 0 Å². The summed E-state index contributed by atoms with van der Waals surface area (Å²) in [4.78, 5) is 0. The van der Waals surface area contributed by atoms with Crippen LogP contribution in [-0.2, 0) is 0 Å². The maximum absolute atomic E-state index is 13.9. The number of halogens is 2. The minimum absolute atomic E-state index is 0.271. The number of anilines is 1. The molecule has 2 aromatic carbocycles. The molecular formula is C15H13ClFN. The molecule has 18 heavy (non-hydrogen) atoms. The van der Waals surface area contributed by atoms with Crippen LogP contribution in [0.25, 0.3) is 11.1 Å². The summed E-state index contributed by atoms with van der Waals surface area (Å²) in [6, 6.07) is 10.5. The van der Waals surface area contributed by atoms with Crippen LogP contribution in [0.3, 0.4) is 0 Å². The lowest BCUT2D eigenvalue weighted by Gasteiger charge is -2.09. The first-order valence-corrected chi connectivity index (χ1v) is 5.93. The molecule has 0 aliphatic carbocycles. The van der Waals surface area contributed by atoms with Gasteiger partial charge in [0.1, 0.15) is 5.82 Å². The van der Waals surface area contributed by atoms with Crippen LogP contribution in [0.5, 0.6) is 0 Å². The minimum atomic E-state index is -0.271. The second kappa shape index (κ2) is 5.23. The molecule has 1 N–H and O–H groups in total. The molecular weight excluding hydrogens is 249 g/mol. The number of rotatable bonds is 3. The van der Waals surface area contributed by atoms with Crippen LogP contribution in [0.1, 0.15) is 5.56 Å². The predicted molar refractivity (Wildman–Crippen MR) is 75.4 cm³/mol. The van der Waals surface area contributed by atoms with Crippen molar-refractivity contribution in [3.8, 4) is 11.1 Å². The third-order valence-electron chi connectivity index (χ3n) is 2.65. The van der Waals surface area contributed by atoms with Crippen LogP contribution in [0.4, 0.5) is 10.1 Å². The fourth-order valence-corrected chi connectivity index (χ4v) is 2.00. The second-order valence-corrected chi connectivity index (χ2v) is 4.43. The summed E-state index contributed by atoms with van der Waals surface area (Å²) in [5.74, 6) is -0.271. The van der Waals surface area contributed by atoms with E-state index in [0.29, 0.717) is 16.1 Å². The van der Waals surface area contributed by atoms with Gasteiger partial charge in [0.15, 0.2) is 0 Å². The van der Waals surface area contributed by atoms with Crippen LogP contribution >= 0.6 is 11.6 Å². The van der Waals surface area contributed by atoms with Crippen LogP contribution < -0.4 is 5.32 Å². The van der Waals surface area contributed by atoms with Crippen molar-refractivity contribution in [3.63, 3.8) is 0 Å². The highest BCUT2D eigenvalue weighted by Gasteiger charge is 2.09. The van der Waals surface area contributed by atoms with Crippen molar-refractivity contribution in [2.45, 2.75) is 6.92 Å². The quantitative estimate of drug-likeness (QED) is 0.819. The normalized spacial score (nSPS) is 10.2. The average molecular weight is 262 g/mol. The lowest BCUT2D eigenvalue weighted by atomic mass is 10.0. The molecule has 2 rings (SSSR count). The molecule has 0 unspecified atom stereocenters. The number of hydrogen-bond acceptors (Lipinski definition) is 1. The van der Waals surface area contributed by atoms with E-state index in [-0.39, 0.29) is 5.82 Å². The van der Waals surface area contributed by atoms with Gasteiger partial charge < -0.3 is 5.32 Å². The summed E-state index contributed by atoms with van der Waals surface area (Å²) < 4.78 is 13.9. The Kier molecular flexibility index (Phi) is 3.68. The van der Waals surface area contributed by atoms with Gasteiger partial charge in [-0.1, -0.05) is 30.3 Å². The molecule has 0 atom stereocenters. The molecule has 0 heterocycles. The Morgan fingerprint density at radius 1 is 1.17 bits per heavy atom. The Balaban J connectivity index is 2.55. The van der Waals surface area contributed by atoms with Gasteiger partial charge >= 0.3 is 0 Å². The molecule has 1 nitrogen and oxygen atoms in total. The van der Waals surface area contributed by atoms with Gasteiger partial charge in [0, 0.05) is 21.8 Å². The molecule has 0 fully saturated rings. The van der Waals surface area contributed by atoms with Gasteiger partial charge in [-0.25, -0.2) is 4.39 Å². The summed E-state index contributed by atoms with van der Waals surface area (Å²) in [5.41, 5.74) is 2.87. The van der Waals surface area contributed by atoms with Gasteiger partial charge in [-0.3, -0.25) is 0 Å². The molecule has 0 amide bonds. The first-order chi connectivity index (χ1) is 8.61. The van der Waals surface area contributed by atoms with Crippen molar-refractivity contribution >= 4 is 17.3 Å². The van der Waals surface area contributed by atoms with E-state index in [0.717, 1.165) is 11.3 Å². The van der Waals surface area contributed by atoms with Crippen molar-refractivity contribution < 1.29 is 4.39 Å². The minimum Gasteiger partial charge on any atom is -0.362 e. The Hall–Kier alpha value is -1.80. The largest absolute Gasteiger partial charge is 0.362 e. The highest BCUT2D eigenvalue weighted by molar-refractivity contribution is 6.33. The zero-order valence-corrected chi connectivity index (χ0v) is 10.8. The average Bonchev–Trinajstić information content (AvgIpc) is 2.33. The summed E-state index contributed by atoms with van der Waals surface area (Å²) in [7, 11) is 0. The molecule has 0 bridgehead atoms. The van der Waals surface area contributed by atoms with Crippen molar-refractivity contribution in [3.05, 3.63) is 65.6 Å². The second-order valence-electron chi connectivity index (χ2n) is 4.03. The third-order valence-corrected chi connectivity index (χ3v) is 2.98. The van der Waals surface area contributed by atoms with Crippen LogP contribution in [0, 0.1) is 12.7 Å². The highest BCUT2D eigenvalue weighted by Crippen LogP contribution is 2.32. The fourth-order valence-electron chi connectivity index (χ4n) is 1.78. The van der Waals surface area contributed by atoms with Gasteiger partial charge in [-0.15, -0.1) is 0 Å². The SMILES string of the molecule is C=CNc1ccc(Cl)c(-c2ccc(C)cc2F)c1. The van der Waals surface area contributed by atoms with Crippen molar-refractivity contribution in [2.75, 3.05) is 5.32 Å². The molecule has 0 aromatic heterocycles. The standard InChI is InChI=1S/C15H13ClFN/c1-3-18-11-5-7-14(16)13(9-11)12-6-4-10(2)8-15(12)17/h3-9,18H,1H2,2H3. The van der Waals surface area contributed by atoms with E-state index in [1.54, 1.807) is 24.4 Å². The summed E-state index contributed by atoms with van der Waals surface area (Å²) >= 11 is 6.12. The molecule has 92 valence electrons. The van der Waals surface area contributed by atoms with E-state index < -0.39 is 0 Å². The Bertz CT molecular complexity index is 593. The summed E-state index contributed by atoms with van der Waals surface area (Å²) in [6.07, 6.45) is 1.57. The van der Waals surface area contributed by atoms with E-state index in [4.69, 9.17) is 11.6 Å². The van der Waals surface area contributed by atoms with Gasteiger partial charge in [-0.05, 0) is 43.0 Å². The van der Waals surface area contributed by atoms with Crippen LogP contribution in [0.15, 0.2) is 49.2 Å². The fraction of sp³-hybridized carbons (Fsp3) is 0.0667. The van der Waals surface area contributed by atoms with Crippen molar-refractivity contribution in [2.24, 2.45) is 0 Å². The first-order valence-electron chi connectivity index (χ1n) is 5.55. The molecule has 0 aliphatic rings. The summed E-state index contributed by atoms with van der Waals surface area (Å²) in [6.45, 7) is 5.44. The summed E-state index contributed by atoms with van der Waals surface area (Å²) in [5, 5.41) is 3.48. The highest BCUT2D eigenvalue weighted by atomic mass is 35.5. The smallest absolute Gasteiger partial charge is 0.131 e. The van der Waals surface area contributed by atoms with E-state index >= 15 is 0 Å². The first kappa shape index (κ1) is 12.7. The third kappa shape index (κ3) is 2.54. The van der Waals surface area contributed by atoms with E-state index in [2.05, 4.69) is 11.9 Å². The molecule has 0 aliphatic heterocycles. The monoisotopic (exact) mass is 261 g/mol. The zero-order valence-electron chi connectivity index (χ0n) is 10.0. The zero-order chi connectivity index (χ0) is 13.1. The van der Waals surface area contributed by atoms with E-state index in [1.807, 2.05) is 19.1 Å². The Labute approximate surface area is 111 Å². The van der Waals surface area contributed by atoms with E-state index in [9.17, 15) is 4.39 Å². The topological polar surface area (TPSA) is 12.0 Å². The van der Waals surface area contributed by atoms with Crippen molar-refractivity contribution in [1.82, 2.24) is 0 Å². The van der Waals surface area contributed by atoms with Gasteiger partial charge in [0.25, 0.3) is 0 Å². The molecule has 0 saturated carbocycles. The number of hydrogen-bond donors (Lipinski definition) is 1. The van der Waals surface area contributed by atoms with E-state index in [1.165, 1.54) is 6.07 Å². The maximum Gasteiger partial charge on any atom is 0.131 e. The maximum atomic E-state index is 13.9. The number of nitrogens with one attached hydrogen (secondary N) is 1. The lowest BCUT2D eigenvalue weighted by Crippen LogP contribution is -1.90. The van der Waals surface area contributed by atoms with Gasteiger partial charge in [0.2, 0.25) is 0 Å².